The number of hydrogen-bond donors (Lipinski definition) is 1. The Morgan fingerprint density at radius 1 is 1.30 bits per heavy atom. The maximum absolute atomic E-state index is 13.2. The van der Waals surface area contributed by atoms with E-state index >= 15 is 0 Å². The average molecular weight is 373 g/mol. The Morgan fingerprint density at radius 3 is 2.70 bits per heavy atom. The minimum absolute atomic E-state index is 0.149. The zero-order valence-corrected chi connectivity index (χ0v) is 15.7. The van der Waals surface area contributed by atoms with Gasteiger partial charge < -0.3 is 19.3 Å². The molecule has 2 saturated heterocycles. The SMILES string of the molecule is Cc1cc(-n2c(C)cc(C(=O)N3C[C@H]4COCC[C@@]4(C(=O)O)C3)c2C)no1. The van der Waals surface area contributed by atoms with E-state index in [-0.39, 0.29) is 18.4 Å². The number of carboxylic acid groups (broad SMARTS) is 1. The second-order valence-corrected chi connectivity index (χ2v) is 7.58. The third-order valence-electron chi connectivity index (χ3n) is 5.93. The molecule has 0 aromatic carbocycles. The van der Waals surface area contributed by atoms with Crippen molar-refractivity contribution < 1.29 is 24.0 Å². The fourth-order valence-corrected chi connectivity index (χ4v) is 4.42. The first kappa shape index (κ1) is 17.8. The summed E-state index contributed by atoms with van der Waals surface area (Å²) in [4.78, 5) is 26.8. The number of fused-ring (bicyclic) bond motifs is 1. The number of aryl methyl sites for hydroxylation is 2. The van der Waals surface area contributed by atoms with Crippen LogP contribution in [0.4, 0.5) is 0 Å². The first-order valence-electron chi connectivity index (χ1n) is 9.06. The van der Waals surface area contributed by atoms with Crippen molar-refractivity contribution in [2.75, 3.05) is 26.3 Å². The smallest absolute Gasteiger partial charge is 0.311 e. The van der Waals surface area contributed by atoms with E-state index in [1.807, 2.05) is 37.5 Å². The van der Waals surface area contributed by atoms with Crippen LogP contribution < -0.4 is 0 Å². The number of aromatic nitrogens is 2. The van der Waals surface area contributed by atoms with Gasteiger partial charge in [0.15, 0.2) is 5.82 Å². The lowest BCUT2D eigenvalue weighted by Crippen LogP contribution is -2.45. The number of carbonyl (C=O) groups excluding carboxylic acids is 1. The number of aliphatic carboxylic acids is 1. The number of rotatable bonds is 3. The molecular formula is C19H23N3O5. The highest BCUT2D eigenvalue weighted by atomic mass is 16.5. The molecule has 8 heteroatoms. The lowest BCUT2D eigenvalue weighted by atomic mass is 9.74. The van der Waals surface area contributed by atoms with Crippen LogP contribution in [-0.2, 0) is 9.53 Å². The molecule has 0 bridgehead atoms. The summed E-state index contributed by atoms with van der Waals surface area (Å²) in [5.74, 6) is 0.165. The molecule has 0 radical (unpaired) electrons. The van der Waals surface area contributed by atoms with E-state index in [4.69, 9.17) is 9.26 Å². The third kappa shape index (κ3) is 2.66. The van der Waals surface area contributed by atoms with E-state index < -0.39 is 11.4 Å². The Labute approximate surface area is 156 Å². The molecule has 0 aliphatic carbocycles. The summed E-state index contributed by atoms with van der Waals surface area (Å²) in [7, 11) is 0. The Balaban J connectivity index is 1.65. The molecule has 2 aliphatic heterocycles. The van der Waals surface area contributed by atoms with Crippen molar-refractivity contribution >= 4 is 11.9 Å². The third-order valence-corrected chi connectivity index (χ3v) is 5.93. The Bertz CT molecular complexity index is 915. The van der Waals surface area contributed by atoms with Crippen LogP contribution >= 0.6 is 0 Å². The van der Waals surface area contributed by atoms with Crippen LogP contribution in [0, 0.1) is 32.1 Å². The molecule has 4 heterocycles. The van der Waals surface area contributed by atoms with E-state index in [1.165, 1.54) is 0 Å². The van der Waals surface area contributed by atoms with Gasteiger partial charge in [0.1, 0.15) is 5.76 Å². The van der Waals surface area contributed by atoms with Gasteiger partial charge in [0.05, 0.1) is 17.6 Å². The van der Waals surface area contributed by atoms with Crippen LogP contribution in [0.5, 0.6) is 0 Å². The molecule has 27 heavy (non-hydrogen) atoms. The van der Waals surface area contributed by atoms with Crippen molar-refractivity contribution in [3.8, 4) is 5.82 Å². The van der Waals surface area contributed by atoms with E-state index in [0.29, 0.717) is 43.3 Å². The van der Waals surface area contributed by atoms with Gasteiger partial charge in [0.25, 0.3) is 5.91 Å². The summed E-state index contributed by atoms with van der Waals surface area (Å²) < 4.78 is 12.5. The first-order chi connectivity index (χ1) is 12.8. The molecule has 8 nitrogen and oxygen atoms in total. The summed E-state index contributed by atoms with van der Waals surface area (Å²) in [6.45, 7) is 7.02. The van der Waals surface area contributed by atoms with Gasteiger partial charge in [-0.1, -0.05) is 5.16 Å². The Hall–Kier alpha value is -2.61. The molecule has 2 aromatic rings. The molecule has 2 aliphatic rings. The predicted octanol–water partition coefficient (Wildman–Crippen LogP) is 1.95. The highest BCUT2D eigenvalue weighted by molar-refractivity contribution is 5.96. The molecule has 0 spiro atoms. The van der Waals surface area contributed by atoms with Crippen molar-refractivity contribution in [3.05, 3.63) is 34.8 Å². The Kier molecular flexibility index (Phi) is 4.10. The fraction of sp³-hybridized carbons (Fsp3) is 0.526. The van der Waals surface area contributed by atoms with Gasteiger partial charge in [0.2, 0.25) is 0 Å². The number of amides is 1. The van der Waals surface area contributed by atoms with Gasteiger partial charge in [-0.05, 0) is 33.3 Å². The molecule has 4 rings (SSSR count). The zero-order valence-electron chi connectivity index (χ0n) is 15.7. The van der Waals surface area contributed by atoms with Crippen molar-refractivity contribution in [2.24, 2.45) is 11.3 Å². The largest absolute Gasteiger partial charge is 0.481 e. The summed E-state index contributed by atoms with van der Waals surface area (Å²) in [5, 5.41) is 13.8. The standard InChI is InChI=1S/C19H23N3O5/c1-11-6-15(13(3)22(11)16-7-12(2)27-20-16)17(23)21-8-14-9-26-5-4-19(14,10-21)18(24)25/h6-7,14H,4-5,8-10H2,1-3H3,(H,24,25)/t14-,19+/m0/s1. The van der Waals surface area contributed by atoms with Crippen LogP contribution in [0.3, 0.4) is 0 Å². The molecule has 2 aromatic heterocycles. The summed E-state index contributed by atoms with van der Waals surface area (Å²) in [6, 6.07) is 3.64. The molecule has 0 unspecified atom stereocenters. The maximum atomic E-state index is 13.2. The number of hydrogen-bond acceptors (Lipinski definition) is 5. The predicted molar refractivity (Wildman–Crippen MR) is 94.9 cm³/mol. The van der Waals surface area contributed by atoms with Crippen molar-refractivity contribution in [1.29, 1.82) is 0 Å². The number of ether oxygens (including phenoxy) is 1. The minimum Gasteiger partial charge on any atom is -0.481 e. The summed E-state index contributed by atoms with van der Waals surface area (Å²) in [5.41, 5.74) is 1.30. The van der Waals surface area contributed by atoms with Crippen LogP contribution in [0.1, 0.15) is 33.9 Å². The molecule has 2 fully saturated rings. The van der Waals surface area contributed by atoms with Crippen molar-refractivity contribution in [1.82, 2.24) is 14.6 Å². The maximum Gasteiger partial charge on any atom is 0.311 e. The fourth-order valence-electron chi connectivity index (χ4n) is 4.42. The van der Waals surface area contributed by atoms with Crippen LogP contribution in [0.2, 0.25) is 0 Å². The van der Waals surface area contributed by atoms with Crippen LogP contribution in [-0.4, -0.2) is 57.9 Å². The quantitative estimate of drug-likeness (QED) is 0.883. The van der Waals surface area contributed by atoms with Crippen molar-refractivity contribution in [3.63, 3.8) is 0 Å². The van der Waals surface area contributed by atoms with E-state index in [0.717, 1.165) is 11.4 Å². The van der Waals surface area contributed by atoms with Gasteiger partial charge in [-0.3, -0.25) is 14.2 Å². The lowest BCUT2D eigenvalue weighted by Gasteiger charge is -2.33. The molecule has 0 saturated carbocycles. The average Bonchev–Trinajstić information content (AvgIpc) is 3.30. The molecule has 2 atom stereocenters. The summed E-state index contributed by atoms with van der Waals surface area (Å²) >= 11 is 0. The molecule has 1 N–H and O–H groups in total. The monoisotopic (exact) mass is 373 g/mol. The van der Waals surface area contributed by atoms with Crippen molar-refractivity contribution in [2.45, 2.75) is 27.2 Å². The highest BCUT2D eigenvalue weighted by Crippen LogP contribution is 2.43. The van der Waals surface area contributed by atoms with Crippen LogP contribution in [0.15, 0.2) is 16.7 Å². The normalized spacial score (nSPS) is 24.9. The topological polar surface area (TPSA) is 97.8 Å². The second-order valence-electron chi connectivity index (χ2n) is 7.58. The highest BCUT2D eigenvalue weighted by Gasteiger charge is 2.55. The van der Waals surface area contributed by atoms with Gasteiger partial charge in [-0.15, -0.1) is 0 Å². The van der Waals surface area contributed by atoms with Gasteiger partial charge >= 0.3 is 5.97 Å². The van der Waals surface area contributed by atoms with E-state index in [2.05, 4.69) is 5.16 Å². The number of likely N-dealkylation sites (tertiary alicyclic amines) is 1. The zero-order chi connectivity index (χ0) is 19.3. The lowest BCUT2D eigenvalue weighted by molar-refractivity contribution is -0.157. The number of nitrogens with zero attached hydrogens (tertiary/aromatic N) is 3. The summed E-state index contributed by atoms with van der Waals surface area (Å²) in [6.07, 6.45) is 0.439. The second kappa shape index (κ2) is 6.23. The van der Waals surface area contributed by atoms with Gasteiger partial charge in [-0.2, -0.15) is 0 Å². The van der Waals surface area contributed by atoms with Gasteiger partial charge in [0, 0.05) is 43.1 Å². The molecule has 144 valence electrons. The van der Waals surface area contributed by atoms with E-state index in [1.54, 1.807) is 4.90 Å². The van der Waals surface area contributed by atoms with Crippen LogP contribution in [0.25, 0.3) is 5.82 Å². The number of carbonyl (C=O) groups is 2. The molecule has 1 amide bonds. The number of carboxylic acids is 1. The van der Waals surface area contributed by atoms with E-state index in [9.17, 15) is 14.7 Å². The first-order valence-corrected chi connectivity index (χ1v) is 9.06. The molecular weight excluding hydrogens is 350 g/mol. The Morgan fingerprint density at radius 2 is 2.07 bits per heavy atom. The minimum atomic E-state index is -0.900. The van der Waals surface area contributed by atoms with Gasteiger partial charge in [-0.25, -0.2) is 0 Å².